The quantitative estimate of drug-likeness (QED) is 0.392. The molecule has 0 amide bonds. The van der Waals surface area contributed by atoms with Gasteiger partial charge in [-0.3, -0.25) is 0 Å². The minimum Gasteiger partial charge on any atom is -0.482 e. The van der Waals surface area contributed by atoms with Crippen LogP contribution in [0.3, 0.4) is 0 Å². The van der Waals surface area contributed by atoms with Crippen molar-refractivity contribution in [3.05, 3.63) is 57.7 Å². The standard InChI is InChI=1S/C25H28O/c1-13-14(2)21-15(3)16(4)22-17(5)18(6)25(7,8)26-24(22)23(21)20-12-10-9-11-19(13)20/h9-12H,1-8H3. The average Bonchev–Trinajstić information content (AvgIpc) is 2.60. The Kier molecular flexibility index (Phi) is 3.54. The van der Waals surface area contributed by atoms with Gasteiger partial charge in [-0.25, -0.2) is 0 Å². The number of hydrogen-bond donors (Lipinski definition) is 0. The monoisotopic (exact) mass is 344 g/mol. The third-order valence-electron chi connectivity index (χ3n) is 6.75. The molecule has 4 rings (SSSR count). The third-order valence-corrected chi connectivity index (χ3v) is 6.75. The van der Waals surface area contributed by atoms with Crippen LogP contribution < -0.4 is 4.74 Å². The first kappa shape index (κ1) is 17.1. The van der Waals surface area contributed by atoms with Crippen molar-refractivity contribution in [1.29, 1.82) is 0 Å². The molecule has 0 N–H and O–H groups in total. The lowest BCUT2D eigenvalue weighted by molar-refractivity contribution is 0.147. The second-order valence-electron chi connectivity index (χ2n) is 8.36. The molecule has 0 bridgehead atoms. The van der Waals surface area contributed by atoms with E-state index in [0.29, 0.717) is 0 Å². The van der Waals surface area contributed by atoms with Crippen LogP contribution in [0.15, 0.2) is 29.8 Å². The van der Waals surface area contributed by atoms with E-state index in [1.165, 1.54) is 60.5 Å². The SMILES string of the molecule is CC1=C(C)C(C)(C)Oc2c1c(C)c(C)c1c(C)c(C)c3ccccc3c21. The Morgan fingerprint density at radius 3 is 1.92 bits per heavy atom. The van der Waals surface area contributed by atoms with E-state index in [0.717, 1.165) is 5.75 Å². The lowest BCUT2D eigenvalue weighted by Gasteiger charge is -2.37. The van der Waals surface area contributed by atoms with E-state index >= 15 is 0 Å². The van der Waals surface area contributed by atoms with E-state index < -0.39 is 0 Å². The predicted molar refractivity (Wildman–Crippen MR) is 113 cm³/mol. The topological polar surface area (TPSA) is 9.23 Å². The second-order valence-corrected chi connectivity index (χ2v) is 8.36. The van der Waals surface area contributed by atoms with Crippen molar-refractivity contribution < 1.29 is 4.74 Å². The molecule has 0 radical (unpaired) electrons. The highest BCUT2D eigenvalue weighted by Gasteiger charge is 2.34. The Bertz CT molecular complexity index is 1130. The Morgan fingerprint density at radius 2 is 1.27 bits per heavy atom. The van der Waals surface area contributed by atoms with Gasteiger partial charge in [0.15, 0.2) is 0 Å². The zero-order valence-corrected chi connectivity index (χ0v) is 17.2. The Hall–Kier alpha value is -2.28. The summed E-state index contributed by atoms with van der Waals surface area (Å²) in [6, 6.07) is 8.75. The summed E-state index contributed by atoms with van der Waals surface area (Å²) in [6.07, 6.45) is 0. The van der Waals surface area contributed by atoms with Crippen LogP contribution in [0.1, 0.15) is 55.5 Å². The van der Waals surface area contributed by atoms with E-state index in [-0.39, 0.29) is 5.60 Å². The van der Waals surface area contributed by atoms with Gasteiger partial charge in [-0.15, -0.1) is 0 Å². The van der Waals surface area contributed by atoms with E-state index in [2.05, 4.69) is 79.7 Å². The zero-order chi connectivity index (χ0) is 19.0. The van der Waals surface area contributed by atoms with E-state index in [9.17, 15) is 0 Å². The molecule has 0 aromatic heterocycles. The van der Waals surface area contributed by atoms with Gasteiger partial charge in [-0.05, 0) is 105 Å². The fraction of sp³-hybridized carbons (Fsp3) is 0.360. The number of allylic oxidation sites excluding steroid dienone is 1. The number of benzene rings is 3. The van der Waals surface area contributed by atoms with Gasteiger partial charge >= 0.3 is 0 Å². The summed E-state index contributed by atoms with van der Waals surface area (Å²) < 4.78 is 6.70. The fourth-order valence-corrected chi connectivity index (χ4v) is 4.64. The maximum Gasteiger partial charge on any atom is 0.136 e. The van der Waals surface area contributed by atoms with Crippen molar-refractivity contribution in [2.75, 3.05) is 0 Å². The highest BCUT2D eigenvalue weighted by molar-refractivity contribution is 6.16. The van der Waals surface area contributed by atoms with Gasteiger partial charge < -0.3 is 4.74 Å². The van der Waals surface area contributed by atoms with Gasteiger partial charge in [0.05, 0.1) is 0 Å². The molecule has 0 atom stereocenters. The lowest BCUT2D eigenvalue weighted by atomic mass is 9.80. The first-order valence-corrected chi connectivity index (χ1v) is 9.49. The Balaban J connectivity index is 2.36. The number of rotatable bonds is 0. The van der Waals surface area contributed by atoms with Crippen LogP contribution >= 0.6 is 0 Å². The van der Waals surface area contributed by atoms with Gasteiger partial charge in [0.1, 0.15) is 11.4 Å². The van der Waals surface area contributed by atoms with E-state index in [1.54, 1.807) is 0 Å². The number of hydrogen-bond acceptors (Lipinski definition) is 1. The number of fused-ring (bicyclic) bond motifs is 5. The molecular formula is C25H28O. The lowest BCUT2D eigenvalue weighted by Crippen LogP contribution is -2.33. The summed E-state index contributed by atoms with van der Waals surface area (Å²) in [5.74, 6) is 1.07. The molecule has 0 spiro atoms. The second kappa shape index (κ2) is 5.36. The van der Waals surface area contributed by atoms with Crippen LogP contribution in [-0.2, 0) is 0 Å². The average molecular weight is 344 g/mol. The smallest absolute Gasteiger partial charge is 0.136 e. The zero-order valence-electron chi connectivity index (χ0n) is 17.2. The molecule has 0 aliphatic carbocycles. The summed E-state index contributed by atoms with van der Waals surface area (Å²) in [7, 11) is 0. The molecule has 0 unspecified atom stereocenters. The van der Waals surface area contributed by atoms with Crippen molar-refractivity contribution in [2.45, 2.75) is 61.0 Å². The first-order valence-electron chi connectivity index (χ1n) is 9.49. The van der Waals surface area contributed by atoms with Crippen molar-refractivity contribution >= 4 is 27.1 Å². The van der Waals surface area contributed by atoms with Crippen LogP contribution in [0.25, 0.3) is 27.1 Å². The summed E-state index contributed by atoms with van der Waals surface area (Å²) in [4.78, 5) is 0. The molecule has 0 saturated heterocycles. The fourth-order valence-electron chi connectivity index (χ4n) is 4.64. The molecule has 0 fully saturated rings. The predicted octanol–water partition coefficient (Wildman–Crippen LogP) is 7.19. The van der Waals surface area contributed by atoms with Gasteiger partial charge in [0.25, 0.3) is 0 Å². The van der Waals surface area contributed by atoms with Gasteiger partial charge in [-0.2, -0.15) is 0 Å². The minimum absolute atomic E-state index is 0.286. The van der Waals surface area contributed by atoms with Crippen LogP contribution in [0.5, 0.6) is 5.75 Å². The van der Waals surface area contributed by atoms with E-state index in [1.807, 2.05) is 0 Å². The van der Waals surface area contributed by atoms with Crippen LogP contribution in [0, 0.1) is 27.7 Å². The highest BCUT2D eigenvalue weighted by Crippen LogP contribution is 2.50. The van der Waals surface area contributed by atoms with Crippen molar-refractivity contribution in [3.8, 4) is 5.75 Å². The maximum atomic E-state index is 6.70. The van der Waals surface area contributed by atoms with Crippen LogP contribution in [0.2, 0.25) is 0 Å². The largest absolute Gasteiger partial charge is 0.482 e. The molecule has 1 heterocycles. The maximum absolute atomic E-state index is 6.70. The summed E-state index contributed by atoms with van der Waals surface area (Å²) in [6.45, 7) is 17.8. The molecule has 3 aromatic carbocycles. The van der Waals surface area contributed by atoms with Crippen LogP contribution in [-0.4, -0.2) is 5.60 Å². The van der Waals surface area contributed by atoms with Gasteiger partial charge in [-0.1, -0.05) is 24.3 Å². The number of aryl methyl sites for hydroxylation is 3. The first-order chi connectivity index (χ1) is 12.2. The highest BCUT2D eigenvalue weighted by atomic mass is 16.5. The van der Waals surface area contributed by atoms with Gasteiger partial charge in [0.2, 0.25) is 0 Å². The molecule has 26 heavy (non-hydrogen) atoms. The Labute approximate surface area is 156 Å². The molecule has 1 nitrogen and oxygen atoms in total. The van der Waals surface area contributed by atoms with Crippen molar-refractivity contribution in [2.24, 2.45) is 0 Å². The van der Waals surface area contributed by atoms with Crippen molar-refractivity contribution in [1.82, 2.24) is 0 Å². The van der Waals surface area contributed by atoms with Crippen molar-refractivity contribution in [3.63, 3.8) is 0 Å². The molecule has 1 aliphatic rings. The molecule has 3 aromatic rings. The minimum atomic E-state index is -0.286. The van der Waals surface area contributed by atoms with E-state index in [4.69, 9.17) is 4.74 Å². The van der Waals surface area contributed by atoms with Gasteiger partial charge in [0, 0.05) is 10.9 Å². The molecule has 134 valence electrons. The third kappa shape index (κ3) is 2.03. The number of ether oxygens (including phenoxy) is 1. The summed E-state index contributed by atoms with van der Waals surface area (Å²) in [5.41, 5.74) is 9.15. The van der Waals surface area contributed by atoms with Crippen LogP contribution in [0.4, 0.5) is 0 Å². The molecule has 0 saturated carbocycles. The molecule has 1 aliphatic heterocycles. The summed E-state index contributed by atoms with van der Waals surface area (Å²) >= 11 is 0. The Morgan fingerprint density at radius 1 is 0.692 bits per heavy atom. The summed E-state index contributed by atoms with van der Waals surface area (Å²) in [5, 5.41) is 5.27. The molecule has 1 heteroatoms. The normalized spacial score (nSPS) is 16.2. The molecular weight excluding hydrogens is 316 g/mol.